The molecule has 0 bridgehead atoms. The molecular formula is C23H23ClN4O2. The molecule has 2 heterocycles. The summed E-state index contributed by atoms with van der Waals surface area (Å²) in [6.45, 7) is 7.31. The Morgan fingerprint density at radius 2 is 1.77 bits per heavy atom. The molecule has 6 nitrogen and oxygen atoms in total. The maximum atomic E-state index is 9.52. The quantitative estimate of drug-likeness (QED) is 0.592. The molecule has 0 atom stereocenters. The Balaban J connectivity index is 1.42. The van der Waals surface area contributed by atoms with Crippen molar-refractivity contribution in [2.45, 2.75) is 20.5 Å². The normalized spacial score (nSPS) is 13.9. The van der Waals surface area contributed by atoms with E-state index in [1.807, 2.05) is 44.2 Å². The van der Waals surface area contributed by atoms with Crippen molar-refractivity contribution < 1.29 is 9.15 Å². The van der Waals surface area contributed by atoms with Gasteiger partial charge in [0.1, 0.15) is 11.8 Å². The predicted molar refractivity (Wildman–Crippen MR) is 117 cm³/mol. The van der Waals surface area contributed by atoms with Crippen molar-refractivity contribution in [3.63, 3.8) is 0 Å². The maximum Gasteiger partial charge on any atom is 0.236 e. The van der Waals surface area contributed by atoms with Crippen LogP contribution in [0.5, 0.6) is 5.75 Å². The number of nitriles is 1. The summed E-state index contributed by atoms with van der Waals surface area (Å²) in [4.78, 5) is 8.66. The zero-order valence-electron chi connectivity index (χ0n) is 17.1. The minimum Gasteiger partial charge on any atom is -0.484 e. The molecule has 7 heteroatoms. The molecule has 154 valence electrons. The minimum atomic E-state index is 0.181. The zero-order valence-corrected chi connectivity index (χ0v) is 17.8. The van der Waals surface area contributed by atoms with E-state index in [0.717, 1.165) is 53.8 Å². The van der Waals surface area contributed by atoms with Crippen molar-refractivity contribution in [2.75, 3.05) is 36.0 Å². The van der Waals surface area contributed by atoms with Gasteiger partial charge in [0.15, 0.2) is 6.61 Å². The SMILES string of the molecule is Cc1cc(C)cc(OCc2nc(C#N)c(N3CCN(c4cccc(Cl)c4)CC3)o2)c1. The largest absolute Gasteiger partial charge is 0.484 e. The number of piperazine rings is 1. The Hall–Kier alpha value is -3.17. The molecular weight excluding hydrogens is 400 g/mol. The molecule has 0 unspecified atom stereocenters. The van der Waals surface area contributed by atoms with Gasteiger partial charge < -0.3 is 19.0 Å². The predicted octanol–water partition coefficient (Wildman–Crippen LogP) is 4.72. The van der Waals surface area contributed by atoms with E-state index in [1.54, 1.807) is 0 Å². The van der Waals surface area contributed by atoms with E-state index >= 15 is 0 Å². The van der Waals surface area contributed by atoms with Gasteiger partial charge in [0.2, 0.25) is 17.5 Å². The lowest BCUT2D eigenvalue weighted by Gasteiger charge is -2.35. The van der Waals surface area contributed by atoms with E-state index < -0.39 is 0 Å². The second-order valence-corrected chi connectivity index (χ2v) is 7.88. The standard InChI is InChI=1S/C23H23ClN4O2/c1-16-10-17(2)12-20(11-16)29-15-22-26-21(14-25)23(30-22)28-8-6-27(7-9-28)19-5-3-4-18(24)13-19/h3-5,10-13H,6-9,15H2,1-2H3. The summed E-state index contributed by atoms with van der Waals surface area (Å²) in [7, 11) is 0. The number of oxazole rings is 1. The third kappa shape index (κ3) is 4.52. The fourth-order valence-electron chi connectivity index (χ4n) is 3.71. The van der Waals surface area contributed by atoms with Gasteiger partial charge in [0.05, 0.1) is 0 Å². The molecule has 1 aliphatic rings. The van der Waals surface area contributed by atoms with Crippen LogP contribution in [0, 0.1) is 25.2 Å². The van der Waals surface area contributed by atoms with Crippen LogP contribution in [0.2, 0.25) is 5.02 Å². The summed E-state index contributed by atoms with van der Waals surface area (Å²) in [6.07, 6.45) is 0. The second kappa shape index (κ2) is 8.68. The van der Waals surface area contributed by atoms with E-state index in [2.05, 4.69) is 33.0 Å². The van der Waals surface area contributed by atoms with Gasteiger partial charge in [-0.2, -0.15) is 10.2 Å². The summed E-state index contributed by atoms with van der Waals surface area (Å²) in [5.74, 6) is 1.68. The number of hydrogen-bond donors (Lipinski definition) is 0. The van der Waals surface area contributed by atoms with Crippen LogP contribution in [0.3, 0.4) is 0 Å². The van der Waals surface area contributed by atoms with Crippen molar-refractivity contribution in [3.8, 4) is 11.8 Å². The average molecular weight is 423 g/mol. The van der Waals surface area contributed by atoms with Gasteiger partial charge in [0.25, 0.3) is 0 Å². The zero-order chi connectivity index (χ0) is 21.1. The molecule has 0 amide bonds. The fourth-order valence-corrected chi connectivity index (χ4v) is 3.89. The van der Waals surface area contributed by atoms with Crippen LogP contribution in [-0.2, 0) is 6.61 Å². The molecule has 0 N–H and O–H groups in total. The third-order valence-electron chi connectivity index (χ3n) is 5.06. The molecule has 0 spiro atoms. The van der Waals surface area contributed by atoms with E-state index in [1.165, 1.54) is 0 Å². The monoisotopic (exact) mass is 422 g/mol. The Morgan fingerprint density at radius 1 is 1.07 bits per heavy atom. The summed E-state index contributed by atoms with van der Waals surface area (Å²) in [5.41, 5.74) is 3.66. The minimum absolute atomic E-state index is 0.181. The van der Waals surface area contributed by atoms with Crippen molar-refractivity contribution >= 4 is 23.2 Å². The van der Waals surface area contributed by atoms with Gasteiger partial charge in [-0.05, 0) is 55.3 Å². The summed E-state index contributed by atoms with van der Waals surface area (Å²) in [5, 5.41) is 10.2. The first-order chi connectivity index (χ1) is 14.5. The van der Waals surface area contributed by atoms with Gasteiger partial charge in [0, 0.05) is 36.9 Å². The third-order valence-corrected chi connectivity index (χ3v) is 5.29. The molecule has 2 aromatic carbocycles. The topological polar surface area (TPSA) is 65.5 Å². The number of nitrogens with zero attached hydrogens (tertiary/aromatic N) is 4. The van der Waals surface area contributed by atoms with E-state index in [-0.39, 0.29) is 6.61 Å². The summed E-state index contributed by atoms with van der Waals surface area (Å²) >= 11 is 6.11. The van der Waals surface area contributed by atoms with Crippen molar-refractivity contribution in [1.82, 2.24) is 4.98 Å². The van der Waals surface area contributed by atoms with Crippen LogP contribution >= 0.6 is 11.6 Å². The van der Waals surface area contributed by atoms with E-state index in [9.17, 15) is 5.26 Å². The Bertz CT molecular complexity index is 1060. The van der Waals surface area contributed by atoms with Gasteiger partial charge in [-0.25, -0.2) is 0 Å². The Kier molecular flexibility index (Phi) is 5.82. The molecule has 1 saturated heterocycles. The first kappa shape index (κ1) is 20.1. The first-order valence-corrected chi connectivity index (χ1v) is 10.3. The number of halogens is 1. The molecule has 0 saturated carbocycles. The van der Waals surface area contributed by atoms with Crippen molar-refractivity contribution in [2.24, 2.45) is 0 Å². The highest BCUT2D eigenvalue weighted by Crippen LogP contribution is 2.27. The summed E-state index contributed by atoms with van der Waals surface area (Å²) in [6, 6.07) is 16.0. The summed E-state index contributed by atoms with van der Waals surface area (Å²) < 4.78 is 11.8. The Labute approximate surface area is 181 Å². The van der Waals surface area contributed by atoms with Crippen molar-refractivity contribution in [3.05, 3.63) is 70.2 Å². The molecule has 4 rings (SSSR count). The number of rotatable bonds is 5. The molecule has 3 aromatic rings. The molecule has 0 radical (unpaired) electrons. The highest BCUT2D eigenvalue weighted by Gasteiger charge is 2.24. The average Bonchev–Trinajstić information content (AvgIpc) is 3.15. The molecule has 1 fully saturated rings. The smallest absolute Gasteiger partial charge is 0.236 e. The lowest BCUT2D eigenvalue weighted by molar-refractivity contribution is 0.263. The lowest BCUT2D eigenvalue weighted by Crippen LogP contribution is -2.46. The van der Waals surface area contributed by atoms with E-state index in [4.69, 9.17) is 20.8 Å². The highest BCUT2D eigenvalue weighted by atomic mass is 35.5. The number of ether oxygens (including phenoxy) is 1. The maximum absolute atomic E-state index is 9.52. The van der Waals surface area contributed by atoms with Crippen LogP contribution < -0.4 is 14.5 Å². The van der Waals surface area contributed by atoms with Crippen LogP contribution in [0.1, 0.15) is 22.7 Å². The molecule has 0 aliphatic carbocycles. The Morgan fingerprint density at radius 3 is 2.43 bits per heavy atom. The van der Waals surface area contributed by atoms with Crippen LogP contribution in [-0.4, -0.2) is 31.2 Å². The lowest BCUT2D eigenvalue weighted by atomic mass is 10.1. The van der Waals surface area contributed by atoms with Crippen LogP contribution in [0.25, 0.3) is 0 Å². The number of anilines is 2. The van der Waals surface area contributed by atoms with Gasteiger partial charge in [-0.1, -0.05) is 23.7 Å². The molecule has 1 aromatic heterocycles. The number of aryl methyl sites for hydroxylation is 2. The second-order valence-electron chi connectivity index (χ2n) is 7.44. The highest BCUT2D eigenvalue weighted by molar-refractivity contribution is 6.30. The van der Waals surface area contributed by atoms with Crippen LogP contribution in [0.4, 0.5) is 11.6 Å². The molecule has 30 heavy (non-hydrogen) atoms. The fraction of sp³-hybridized carbons (Fsp3) is 0.304. The van der Waals surface area contributed by atoms with Gasteiger partial charge >= 0.3 is 0 Å². The number of benzene rings is 2. The van der Waals surface area contributed by atoms with Crippen molar-refractivity contribution in [1.29, 1.82) is 5.26 Å². The number of hydrogen-bond acceptors (Lipinski definition) is 6. The van der Waals surface area contributed by atoms with Crippen LogP contribution in [0.15, 0.2) is 46.9 Å². The number of aromatic nitrogens is 1. The van der Waals surface area contributed by atoms with Gasteiger partial charge in [-0.15, -0.1) is 0 Å². The first-order valence-electron chi connectivity index (χ1n) is 9.88. The molecule has 1 aliphatic heterocycles. The van der Waals surface area contributed by atoms with E-state index in [0.29, 0.717) is 17.5 Å². The van der Waals surface area contributed by atoms with Gasteiger partial charge in [-0.3, -0.25) is 0 Å².